The summed E-state index contributed by atoms with van der Waals surface area (Å²) in [4.78, 5) is 22.0. The molecule has 0 aliphatic heterocycles. The highest BCUT2D eigenvalue weighted by molar-refractivity contribution is 6.00. The van der Waals surface area contributed by atoms with Crippen molar-refractivity contribution in [2.75, 3.05) is 0 Å². The summed E-state index contributed by atoms with van der Waals surface area (Å²) in [5.41, 5.74) is 0.530. The number of fused-ring (bicyclic) bond motifs is 1. The molecule has 1 unspecified atom stereocenters. The third-order valence-corrected chi connectivity index (χ3v) is 2.91. The van der Waals surface area contributed by atoms with E-state index in [4.69, 9.17) is 0 Å². The van der Waals surface area contributed by atoms with Crippen LogP contribution in [0.1, 0.15) is 23.7 Å². The number of hydrogen-bond donors (Lipinski definition) is 0. The van der Waals surface area contributed by atoms with E-state index < -0.39 is 11.0 Å². The molecule has 1 atom stereocenters. The number of nitrogens with zero attached hydrogens (tertiary/aromatic N) is 1. The van der Waals surface area contributed by atoms with Gasteiger partial charge in [0.05, 0.1) is 6.42 Å². The molecule has 0 aliphatic carbocycles. The minimum absolute atomic E-state index is 0.0641. The Morgan fingerprint density at radius 2 is 1.89 bits per heavy atom. The molecule has 0 saturated carbocycles. The average Bonchev–Trinajstić information content (AvgIpc) is 2.37. The lowest BCUT2D eigenvalue weighted by atomic mass is 10.0. The molecule has 0 radical (unpaired) electrons. The first-order valence-electron chi connectivity index (χ1n) is 5.73. The van der Waals surface area contributed by atoms with E-state index in [1.54, 1.807) is 12.1 Å². The van der Waals surface area contributed by atoms with Gasteiger partial charge >= 0.3 is 0 Å². The number of hydrogen-bond acceptors (Lipinski definition) is 3. The third-order valence-electron chi connectivity index (χ3n) is 2.91. The number of ketones is 1. The SMILES string of the molecule is CC(CC(=O)c1ccc2ccccc2c1)[N+](=O)[O-]. The summed E-state index contributed by atoms with van der Waals surface area (Å²) in [5.74, 6) is -0.190. The topological polar surface area (TPSA) is 60.2 Å². The van der Waals surface area contributed by atoms with E-state index in [1.807, 2.05) is 30.3 Å². The first-order valence-corrected chi connectivity index (χ1v) is 5.73. The maximum Gasteiger partial charge on any atom is 0.217 e. The predicted molar refractivity (Wildman–Crippen MR) is 69.4 cm³/mol. The Morgan fingerprint density at radius 1 is 1.22 bits per heavy atom. The average molecular weight is 243 g/mol. The second kappa shape index (κ2) is 4.96. The Kier molecular flexibility index (Phi) is 3.37. The second-order valence-corrected chi connectivity index (χ2v) is 4.32. The number of carbonyl (C=O) groups is 1. The fourth-order valence-corrected chi connectivity index (χ4v) is 1.82. The Labute approximate surface area is 104 Å². The van der Waals surface area contributed by atoms with E-state index in [9.17, 15) is 14.9 Å². The zero-order valence-electron chi connectivity index (χ0n) is 10.00. The summed E-state index contributed by atoms with van der Waals surface area (Å²) < 4.78 is 0. The molecule has 2 aromatic carbocycles. The molecule has 0 N–H and O–H groups in total. The van der Waals surface area contributed by atoms with Crippen molar-refractivity contribution in [2.24, 2.45) is 0 Å². The quantitative estimate of drug-likeness (QED) is 0.471. The lowest BCUT2D eigenvalue weighted by Gasteiger charge is -2.04. The molecule has 4 nitrogen and oxygen atoms in total. The van der Waals surface area contributed by atoms with E-state index in [0.29, 0.717) is 5.56 Å². The molecule has 4 heteroatoms. The van der Waals surface area contributed by atoms with Gasteiger partial charge in [-0.05, 0) is 16.8 Å². The van der Waals surface area contributed by atoms with Crippen LogP contribution in [0.3, 0.4) is 0 Å². The van der Waals surface area contributed by atoms with Crippen LogP contribution in [0, 0.1) is 10.1 Å². The van der Waals surface area contributed by atoms with Gasteiger partial charge in [-0.15, -0.1) is 0 Å². The molecule has 2 aromatic rings. The van der Waals surface area contributed by atoms with Crippen molar-refractivity contribution in [3.8, 4) is 0 Å². The third kappa shape index (κ3) is 2.53. The molecule has 0 fully saturated rings. The maximum absolute atomic E-state index is 11.9. The highest BCUT2D eigenvalue weighted by Crippen LogP contribution is 2.17. The van der Waals surface area contributed by atoms with Gasteiger partial charge in [0, 0.05) is 17.4 Å². The molecule has 0 spiro atoms. The Bertz CT molecular complexity index is 607. The fourth-order valence-electron chi connectivity index (χ4n) is 1.82. The summed E-state index contributed by atoms with van der Waals surface area (Å²) in [6.45, 7) is 1.44. The van der Waals surface area contributed by atoms with Crippen LogP contribution in [-0.4, -0.2) is 16.7 Å². The molecule has 92 valence electrons. The summed E-state index contributed by atoms with van der Waals surface area (Å²) >= 11 is 0. The monoisotopic (exact) mass is 243 g/mol. The largest absolute Gasteiger partial charge is 0.294 e. The summed E-state index contributed by atoms with van der Waals surface area (Å²) in [6.07, 6.45) is -0.0641. The van der Waals surface area contributed by atoms with Gasteiger partial charge < -0.3 is 0 Å². The summed E-state index contributed by atoms with van der Waals surface area (Å²) in [7, 11) is 0. The van der Waals surface area contributed by atoms with Crippen molar-refractivity contribution in [3.63, 3.8) is 0 Å². The molecular weight excluding hydrogens is 230 g/mol. The van der Waals surface area contributed by atoms with Crippen LogP contribution in [0.25, 0.3) is 10.8 Å². The normalized spacial score (nSPS) is 12.3. The summed E-state index contributed by atoms with van der Waals surface area (Å²) in [6, 6.07) is 12.2. The van der Waals surface area contributed by atoms with Crippen LogP contribution in [0.5, 0.6) is 0 Å². The van der Waals surface area contributed by atoms with E-state index in [-0.39, 0.29) is 12.2 Å². The smallest absolute Gasteiger partial charge is 0.217 e. The first kappa shape index (κ1) is 12.2. The number of Topliss-reactive ketones (excluding diaryl/α,β-unsaturated/α-hetero) is 1. The highest BCUT2D eigenvalue weighted by atomic mass is 16.6. The Hall–Kier alpha value is -2.23. The van der Waals surface area contributed by atoms with E-state index in [2.05, 4.69) is 0 Å². The van der Waals surface area contributed by atoms with Gasteiger partial charge in [-0.3, -0.25) is 14.9 Å². The van der Waals surface area contributed by atoms with Crippen molar-refractivity contribution < 1.29 is 9.72 Å². The van der Waals surface area contributed by atoms with Crippen molar-refractivity contribution in [3.05, 3.63) is 58.1 Å². The maximum atomic E-state index is 11.9. The molecule has 2 rings (SSSR count). The molecule has 0 saturated heterocycles. The van der Waals surface area contributed by atoms with Gasteiger partial charge in [-0.25, -0.2) is 0 Å². The van der Waals surface area contributed by atoms with Crippen LogP contribution >= 0.6 is 0 Å². The Balaban J connectivity index is 2.25. The standard InChI is InChI=1S/C14H13NO3/c1-10(15(17)18)8-14(16)13-7-6-11-4-2-3-5-12(11)9-13/h2-7,9-10H,8H2,1H3. The van der Waals surface area contributed by atoms with E-state index in [0.717, 1.165) is 10.8 Å². The Morgan fingerprint density at radius 3 is 2.56 bits per heavy atom. The number of rotatable bonds is 4. The van der Waals surface area contributed by atoms with Gasteiger partial charge in [0.25, 0.3) is 0 Å². The van der Waals surface area contributed by atoms with Crippen LogP contribution in [0.2, 0.25) is 0 Å². The van der Waals surface area contributed by atoms with E-state index >= 15 is 0 Å². The molecule has 0 amide bonds. The van der Waals surface area contributed by atoms with Gasteiger partial charge in [0.1, 0.15) is 0 Å². The number of benzene rings is 2. The van der Waals surface area contributed by atoms with Gasteiger partial charge in [-0.2, -0.15) is 0 Å². The number of carbonyl (C=O) groups excluding carboxylic acids is 1. The minimum atomic E-state index is -0.844. The lowest BCUT2D eigenvalue weighted by Crippen LogP contribution is -2.19. The van der Waals surface area contributed by atoms with Crippen molar-refractivity contribution in [2.45, 2.75) is 19.4 Å². The van der Waals surface area contributed by atoms with Gasteiger partial charge in [-0.1, -0.05) is 36.4 Å². The van der Waals surface area contributed by atoms with Crippen LogP contribution in [0.15, 0.2) is 42.5 Å². The molecule has 0 bridgehead atoms. The predicted octanol–water partition coefficient (Wildman–Crippen LogP) is 3.08. The number of nitro groups is 1. The molecule has 18 heavy (non-hydrogen) atoms. The summed E-state index contributed by atoms with van der Waals surface area (Å²) in [5, 5.41) is 12.6. The van der Waals surface area contributed by atoms with Crippen LogP contribution < -0.4 is 0 Å². The molecular formula is C14H13NO3. The van der Waals surface area contributed by atoms with Crippen LogP contribution in [0.4, 0.5) is 0 Å². The minimum Gasteiger partial charge on any atom is -0.294 e. The lowest BCUT2D eigenvalue weighted by molar-refractivity contribution is -0.516. The van der Waals surface area contributed by atoms with Crippen molar-refractivity contribution in [1.29, 1.82) is 0 Å². The van der Waals surface area contributed by atoms with Gasteiger partial charge in [0.2, 0.25) is 6.04 Å². The zero-order valence-corrected chi connectivity index (χ0v) is 10.00. The molecule has 0 aliphatic rings. The van der Waals surface area contributed by atoms with Crippen molar-refractivity contribution in [1.82, 2.24) is 0 Å². The fraction of sp³-hybridized carbons (Fsp3) is 0.214. The molecule has 0 aromatic heterocycles. The first-order chi connectivity index (χ1) is 8.58. The van der Waals surface area contributed by atoms with E-state index in [1.165, 1.54) is 6.92 Å². The zero-order chi connectivity index (χ0) is 13.1. The molecule has 0 heterocycles. The second-order valence-electron chi connectivity index (χ2n) is 4.32. The van der Waals surface area contributed by atoms with Crippen molar-refractivity contribution >= 4 is 16.6 Å². The van der Waals surface area contributed by atoms with Gasteiger partial charge in [0.15, 0.2) is 5.78 Å². The van der Waals surface area contributed by atoms with Crippen LogP contribution in [-0.2, 0) is 0 Å². The highest BCUT2D eigenvalue weighted by Gasteiger charge is 2.19.